The summed E-state index contributed by atoms with van der Waals surface area (Å²) in [7, 11) is 1.65. The first-order valence-electron chi connectivity index (χ1n) is 12.2. The number of aromatic nitrogens is 5. The summed E-state index contributed by atoms with van der Waals surface area (Å²) in [6.45, 7) is 2.84. The number of alkyl halides is 2. The molecule has 2 N–H and O–H groups in total. The molecule has 12 heteroatoms. The monoisotopic (exact) mass is 514 g/mol. The number of imidazole rings is 1. The third-order valence-corrected chi connectivity index (χ3v) is 6.46. The average Bonchev–Trinajstić information content (AvgIpc) is 3.53. The fraction of sp³-hybridized carbons (Fsp3) is 0.480. The van der Waals surface area contributed by atoms with Crippen LogP contribution in [0, 0.1) is 0 Å². The minimum Gasteiger partial charge on any atom is -0.466 e. The van der Waals surface area contributed by atoms with Crippen molar-refractivity contribution in [2.75, 3.05) is 40.0 Å². The summed E-state index contributed by atoms with van der Waals surface area (Å²) in [5.41, 5.74) is 7.83. The van der Waals surface area contributed by atoms with E-state index in [0.29, 0.717) is 42.4 Å². The quantitative estimate of drug-likeness (QED) is 0.292. The van der Waals surface area contributed by atoms with Crippen LogP contribution in [0.5, 0.6) is 0 Å². The minimum absolute atomic E-state index is 0.0930. The molecule has 0 aromatic carbocycles. The van der Waals surface area contributed by atoms with Crippen LogP contribution >= 0.6 is 0 Å². The normalized spacial score (nSPS) is 16.8. The summed E-state index contributed by atoms with van der Waals surface area (Å²) in [6.07, 6.45) is 9.20. The van der Waals surface area contributed by atoms with Crippen molar-refractivity contribution in [1.82, 2.24) is 29.0 Å². The van der Waals surface area contributed by atoms with E-state index in [2.05, 4.69) is 15.1 Å². The Morgan fingerprint density at radius 1 is 1.38 bits per heavy atom. The van der Waals surface area contributed by atoms with Gasteiger partial charge in [0.25, 0.3) is 0 Å². The van der Waals surface area contributed by atoms with Gasteiger partial charge in [-0.1, -0.05) is 0 Å². The number of hydrogen-bond acceptors (Lipinski definition) is 8. The Morgan fingerprint density at radius 3 is 2.89 bits per heavy atom. The SMILES string of the molecule is CCOC(=O)CC1(n2cc(-c3nc(/C(C=NC)=C/N)cc4nccn34)cn2)CN(CCC(F)CCF)C1. The molecule has 0 spiro atoms. The van der Waals surface area contributed by atoms with Crippen molar-refractivity contribution in [1.29, 1.82) is 0 Å². The van der Waals surface area contributed by atoms with Crippen molar-refractivity contribution in [2.24, 2.45) is 10.7 Å². The highest BCUT2D eigenvalue weighted by Crippen LogP contribution is 2.34. The number of nitrogens with two attached hydrogens (primary N) is 1. The van der Waals surface area contributed by atoms with Gasteiger partial charge in [0, 0.05) is 75.7 Å². The molecule has 4 heterocycles. The van der Waals surface area contributed by atoms with Crippen LogP contribution in [0.15, 0.2) is 42.0 Å². The first-order valence-corrected chi connectivity index (χ1v) is 12.2. The molecule has 198 valence electrons. The van der Waals surface area contributed by atoms with E-state index in [1.807, 2.05) is 27.8 Å². The van der Waals surface area contributed by atoms with E-state index in [4.69, 9.17) is 15.5 Å². The second kappa shape index (κ2) is 11.6. The Kier molecular flexibility index (Phi) is 8.27. The van der Waals surface area contributed by atoms with Crippen molar-refractivity contribution < 1.29 is 18.3 Å². The molecule has 0 radical (unpaired) electrons. The highest BCUT2D eigenvalue weighted by molar-refractivity contribution is 6.09. The lowest BCUT2D eigenvalue weighted by Crippen LogP contribution is -2.63. The fourth-order valence-electron chi connectivity index (χ4n) is 4.65. The number of rotatable bonds is 12. The number of likely N-dealkylation sites (tertiary alicyclic amines) is 1. The zero-order valence-corrected chi connectivity index (χ0v) is 21.1. The molecule has 3 aromatic rings. The largest absolute Gasteiger partial charge is 0.466 e. The number of carbonyl (C=O) groups excluding carboxylic acids is 1. The third-order valence-electron chi connectivity index (χ3n) is 6.46. The van der Waals surface area contributed by atoms with Crippen molar-refractivity contribution in [2.45, 2.75) is 37.9 Å². The predicted octanol–water partition coefficient (Wildman–Crippen LogP) is 2.64. The van der Waals surface area contributed by atoms with Crippen molar-refractivity contribution in [3.05, 3.63) is 42.7 Å². The number of fused-ring (bicyclic) bond motifs is 1. The van der Waals surface area contributed by atoms with Crippen LogP contribution in [0.1, 0.15) is 31.9 Å². The maximum atomic E-state index is 13.8. The molecule has 3 aromatic heterocycles. The van der Waals surface area contributed by atoms with Crippen LogP contribution in [0.4, 0.5) is 8.78 Å². The molecule has 1 fully saturated rings. The molecule has 1 unspecified atom stereocenters. The van der Waals surface area contributed by atoms with Crippen molar-refractivity contribution in [3.8, 4) is 11.4 Å². The number of allylic oxidation sites excluding steroid dienone is 1. The lowest BCUT2D eigenvalue weighted by molar-refractivity contribution is -0.149. The number of nitrogens with zero attached hydrogens (tertiary/aromatic N) is 7. The first kappa shape index (κ1) is 26.4. The topological polar surface area (TPSA) is 116 Å². The molecule has 1 aliphatic heterocycles. The highest BCUT2D eigenvalue weighted by Gasteiger charge is 2.47. The summed E-state index contributed by atoms with van der Waals surface area (Å²) < 4.78 is 35.1. The lowest BCUT2D eigenvalue weighted by atomic mass is 9.86. The molecular formula is C25H32F2N8O2. The van der Waals surface area contributed by atoms with Gasteiger partial charge in [0.1, 0.15) is 17.6 Å². The van der Waals surface area contributed by atoms with Gasteiger partial charge >= 0.3 is 5.97 Å². The van der Waals surface area contributed by atoms with Gasteiger partial charge in [-0.25, -0.2) is 14.4 Å². The van der Waals surface area contributed by atoms with E-state index in [0.717, 1.165) is 5.56 Å². The number of halogens is 2. The van der Waals surface area contributed by atoms with E-state index in [9.17, 15) is 13.6 Å². The standard InChI is InChI=1S/C25H32F2N8O2/c1-3-37-23(36)11-25(16-33(17-25)8-5-20(27)4-6-26)35-15-19(14-31-35)24-32-21(18(12-28)13-29-2)10-22-30-7-9-34(22)24/h7,9-10,12-15,20H,3-6,8,11,16-17,28H2,1-2H3/b18-12+,29-13?. The van der Waals surface area contributed by atoms with Crippen LogP contribution in [-0.4, -0.2) is 87.4 Å². The zero-order valence-electron chi connectivity index (χ0n) is 21.1. The molecule has 0 saturated carbocycles. The predicted molar refractivity (Wildman–Crippen MR) is 137 cm³/mol. The van der Waals surface area contributed by atoms with Gasteiger partial charge in [-0.15, -0.1) is 0 Å². The van der Waals surface area contributed by atoms with E-state index in [1.54, 1.807) is 37.3 Å². The summed E-state index contributed by atoms with van der Waals surface area (Å²) in [5, 5.41) is 4.60. The van der Waals surface area contributed by atoms with Gasteiger partial charge < -0.3 is 10.5 Å². The van der Waals surface area contributed by atoms with Gasteiger partial charge in [0.05, 0.1) is 42.7 Å². The van der Waals surface area contributed by atoms with Gasteiger partial charge in [0.2, 0.25) is 0 Å². The number of hydrogen-bond donors (Lipinski definition) is 1. The smallest absolute Gasteiger partial charge is 0.308 e. The Bertz CT molecular complexity index is 1280. The summed E-state index contributed by atoms with van der Waals surface area (Å²) in [5.74, 6) is 0.280. The highest BCUT2D eigenvalue weighted by atomic mass is 19.1. The maximum absolute atomic E-state index is 13.8. The van der Waals surface area contributed by atoms with Crippen LogP contribution < -0.4 is 5.73 Å². The molecule has 0 bridgehead atoms. The Balaban J connectivity index is 1.63. The zero-order chi connectivity index (χ0) is 26.4. The van der Waals surface area contributed by atoms with E-state index in [-0.39, 0.29) is 31.8 Å². The molecule has 1 saturated heterocycles. The van der Waals surface area contributed by atoms with E-state index >= 15 is 0 Å². The lowest BCUT2D eigenvalue weighted by Gasteiger charge is -2.49. The van der Waals surface area contributed by atoms with Crippen molar-refractivity contribution in [3.63, 3.8) is 0 Å². The first-order chi connectivity index (χ1) is 17.9. The summed E-state index contributed by atoms with van der Waals surface area (Å²) in [4.78, 5) is 27.8. The number of ether oxygens (including phenoxy) is 1. The Labute approximate surface area is 213 Å². The second-order valence-corrected chi connectivity index (χ2v) is 9.08. The third kappa shape index (κ3) is 5.68. The molecule has 10 nitrogen and oxygen atoms in total. The number of carbonyl (C=O) groups is 1. The van der Waals surface area contributed by atoms with Gasteiger partial charge in [0.15, 0.2) is 0 Å². The van der Waals surface area contributed by atoms with E-state index in [1.165, 1.54) is 6.20 Å². The molecular weight excluding hydrogens is 482 g/mol. The van der Waals surface area contributed by atoms with Gasteiger partial charge in [-0.05, 0) is 13.3 Å². The summed E-state index contributed by atoms with van der Waals surface area (Å²) >= 11 is 0. The minimum atomic E-state index is -1.18. The molecule has 0 amide bonds. The summed E-state index contributed by atoms with van der Waals surface area (Å²) in [6, 6.07) is 1.82. The van der Waals surface area contributed by atoms with Crippen LogP contribution in [0.25, 0.3) is 22.6 Å². The van der Waals surface area contributed by atoms with Crippen molar-refractivity contribution >= 4 is 23.4 Å². The average molecular weight is 515 g/mol. The Morgan fingerprint density at radius 2 is 2.19 bits per heavy atom. The Hall–Kier alpha value is -3.67. The van der Waals surface area contributed by atoms with Crippen LogP contribution in [0.3, 0.4) is 0 Å². The number of aliphatic imine (C=N–C) groups is 1. The van der Waals surface area contributed by atoms with Crippen LogP contribution in [0.2, 0.25) is 0 Å². The van der Waals surface area contributed by atoms with Gasteiger partial charge in [-0.3, -0.25) is 28.2 Å². The van der Waals surface area contributed by atoms with Crippen LogP contribution in [-0.2, 0) is 15.1 Å². The molecule has 4 rings (SSSR count). The number of esters is 1. The van der Waals surface area contributed by atoms with Gasteiger partial charge in [-0.2, -0.15) is 5.10 Å². The fourth-order valence-corrected chi connectivity index (χ4v) is 4.65. The molecule has 0 aliphatic carbocycles. The molecule has 1 atom stereocenters. The molecule has 1 aliphatic rings. The second-order valence-electron chi connectivity index (χ2n) is 9.08. The van der Waals surface area contributed by atoms with E-state index < -0.39 is 18.4 Å². The maximum Gasteiger partial charge on any atom is 0.308 e. The molecule has 37 heavy (non-hydrogen) atoms.